The number of rotatable bonds is 6. The van der Waals surface area contributed by atoms with E-state index in [1.165, 1.54) is 5.56 Å². The number of hydrogen-bond acceptors (Lipinski definition) is 2. The first kappa shape index (κ1) is 12.6. The van der Waals surface area contributed by atoms with Crippen molar-refractivity contribution in [2.75, 3.05) is 6.54 Å². The first-order valence-corrected chi connectivity index (χ1v) is 6.31. The Bertz CT molecular complexity index is 485. The molecule has 18 heavy (non-hydrogen) atoms. The van der Waals surface area contributed by atoms with Crippen molar-refractivity contribution >= 4 is 0 Å². The number of benzene rings is 1. The van der Waals surface area contributed by atoms with Gasteiger partial charge in [0.25, 0.3) is 0 Å². The van der Waals surface area contributed by atoms with Gasteiger partial charge in [-0.2, -0.15) is 5.10 Å². The average molecular weight is 241 g/mol. The molecule has 0 unspecified atom stereocenters. The molecule has 1 aromatic carbocycles. The molecule has 0 aliphatic heterocycles. The predicted molar refractivity (Wildman–Crippen MR) is 74.7 cm³/mol. The summed E-state index contributed by atoms with van der Waals surface area (Å²) in [6, 6.07) is 10.2. The van der Waals surface area contributed by atoms with E-state index in [0.29, 0.717) is 0 Å². The second kappa shape index (κ2) is 6.77. The third-order valence-electron chi connectivity index (χ3n) is 2.71. The van der Waals surface area contributed by atoms with Gasteiger partial charge in [-0.15, -0.1) is 0 Å². The summed E-state index contributed by atoms with van der Waals surface area (Å²) in [5.41, 5.74) is 2.30. The fraction of sp³-hybridized carbons (Fsp3) is 0.267. The molecule has 2 aromatic rings. The highest BCUT2D eigenvalue weighted by Crippen LogP contribution is 2.07. The van der Waals surface area contributed by atoms with Gasteiger partial charge in [0.05, 0.1) is 11.9 Å². The minimum Gasteiger partial charge on any atom is -0.312 e. The van der Waals surface area contributed by atoms with Gasteiger partial charge in [0.2, 0.25) is 0 Å². The zero-order chi connectivity index (χ0) is 12.6. The van der Waals surface area contributed by atoms with E-state index in [4.69, 9.17) is 0 Å². The number of nitrogens with one attached hydrogen (secondary N) is 1. The van der Waals surface area contributed by atoms with Crippen molar-refractivity contribution in [1.29, 1.82) is 0 Å². The quantitative estimate of drug-likeness (QED) is 0.622. The van der Waals surface area contributed by atoms with Crippen LogP contribution in [0.15, 0.2) is 54.9 Å². The zero-order valence-electron chi connectivity index (χ0n) is 10.7. The van der Waals surface area contributed by atoms with Crippen LogP contribution in [0, 0.1) is 0 Å². The highest BCUT2D eigenvalue weighted by Gasteiger charge is 1.99. The van der Waals surface area contributed by atoms with Crippen LogP contribution >= 0.6 is 0 Å². The Labute approximate surface area is 108 Å². The molecule has 1 N–H and O–H groups in total. The largest absolute Gasteiger partial charge is 0.312 e. The molecule has 1 heterocycles. The molecule has 94 valence electrons. The van der Waals surface area contributed by atoms with Crippen LogP contribution in [0.1, 0.15) is 18.9 Å². The lowest BCUT2D eigenvalue weighted by Crippen LogP contribution is -2.13. The molecule has 0 aliphatic rings. The van der Waals surface area contributed by atoms with Crippen LogP contribution in [0.25, 0.3) is 5.69 Å². The molecule has 0 fully saturated rings. The molecule has 3 nitrogen and oxygen atoms in total. The van der Waals surface area contributed by atoms with Crippen LogP contribution < -0.4 is 5.32 Å². The van der Waals surface area contributed by atoms with Gasteiger partial charge in [0.15, 0.2) is 0 Å². The van der Waals surface area contributed by atoms with Crippen LogP contribution in [-0.2, 0) is 6.54 Å². The molecule has 0 saturated heterocycles. The van der Waals surface area contributed by atoms with Gasteiger partial charge in [-0.1, -0.05) is 30.4 Å². The van der Waals surface area contributed by atoms with Crippen molar-refractivity contribution < 1.29 is 0 Å². The van der Waals surface area contributed by atoms with Crippen LogP contribution in [0.2, 0.25) is 0 Å². The van der Waals surface area contributed by atoms with Gasteiger partial charge in [-0.25, -0.2) is 4.68 Å². The van der Waals surface area contributed by atoms with E-state index in [9.17, 15) is 0 Å². The maximum atomic E-state index is 4.36. The Morgan fingerprint density at radius 3 is 2.89 bits per heavy atom. The standard InChI is InChI=1S/C15H19N3/c1-2-3-7-10-16-11-14-12-17-18(13-14)15-8-5-4-6-9-15/h2-6,8-9,12-13,16H,7,10-11H2,1H3/b3-2+. The van der Waals surface area contributed by atoms with Crippen molar-refractivity contribution in [1.82, 2.24) is 15.1 Å². The number of allylic oxidation sites excluding steroid dienone is 1. The lowest BCUT2D eigenvalue weighted by atomic mass is 10.3. The Kier molecular flexibility index (Phi) is 4.73. The summed E-state index contributed by atoms with van der Waals surface area (Å²) >= 11 is 0. The topological polar surface area (TPSA) is 29.9 Å². The van der Waals surface area contributed by atoms with E-state index in [1.54, 1.807) is 0 Å². The number of nitrogens with zero attached hydrogens (tertiary/aromatic N) is 2. The van der Waals surface area contributed by atoms with Crippen LogP contribution in [0.5, 0.6) is 0 Å². The van der Waals surface area contributed by atoms with Gasteiger partial charge in [0.1, 0.15) is 0 Å². The monoisotopic (exact) mass is 241 g/mol. The third kappa shape index (κ3) is 3.57. The van der Waals surface area contributed by atoms with Crippen LogP contribution in [0.4, 0.5) is 0 Å². The van der Waals surface area contributed by atoms with E-state index < -0.39 is 0 Å². The van der Waals surface area contributed by atoms with Gasteiger partial charge < -0.3 is 5.32 Å². The first-order valence-electron chi connectivity index (χ1n) is 6.31. The molecule has 1 aromatic heterocycles. The minimum atomic E-state index is 0.865. The first-order chi connectivity index (χ1) is 8.90. The summed E-state index contributed by atoms with van der Waals surface area (Å²) in [6.45, 7) is 3.91. The summed E-state index contributed by atoms with van der Waals surface area (Å²) in [5.74, 6) is 0. The van der Waals surface area contributed by atoms with E-state index in [1.807, 2.05) is 36.0 Å². The molecule has 3 heteroatoms. The zero-order valence-corrected chi connectivity index (χ0v) is 10.7. The molecule has 0 radical (unpaired) electrons. The average Bonchev–Trinajstić information content (AvgIpc) is 2.88. The maximum Gasteiger partial charge on any atom is 0.0645 e. The van der Waals surface area contributed by atoms with Gasteiger partial charge in [0, 0.05) is 18.3 Å². The van der Waals surface area contributed by atoms with Crippen molar-refractivity contribution in [3.05, 3.63) is 60.4 Å². The van der Waals surface area contributed by atoms with E-state index in [2.05, 4.69) is 40.9 Å². The van der Waals surface area contributed by atoms with E-state index >= 15 is 0 Å². The van der Waals surface area contributed by atoms with Crippen LogP contribution in [-0.4, -0.2) is 16.3 Å². The van der Waals surface area contributed by atoms with Gasteiger partial charge in [-0.3, -0.25) is 0 Å². The lowest BCUT2D eigenvalue weighted by molar-refractivity contribution is 0.695. The maximum absolute atomic E-state index is 4.36. The van der Waals surface area contributed by atoms with E-state index in [0.717, 1.165) is 25.2 Å². The molecular formula is C15H19N3. The molecule has 0 bridgehead atoms. The van der Waals surface area contributed by atoms with E-state index in [-0.39, 0.29) is 0 Å². The van der Waals surface area contributed by atoms with Crippen LogP contribution in [0.3, 0.4) is 0 Å². The smallest absolute Gasteiger partial charge is 0.0645 e. The summed E-state index contributed by atoms with van der Waals surface area (Å²) in [7, 11) is 0. The fourth-order valence-electron chi connectivity index (χ4n) is 1.76. The number of hydrogen-bond donors (Lipinski definition) is 1. The second-order valence-electron chi connectivity index (χ2n) is 4.16. The Balaban J connectivity index is 1.87. The van der Waals surface area contributed by atoms with Gasteiger partial charge >= 0.3 is 0 Å². The van der Waals surface area contributed by atoms with Crippen molar-refractivity contribution in [2.24, 2.45) is 0 Å². The number of para-hydroxylation sites is 1. The molecular weight excluding hydrogens is 222 g/mol. The molecule has 0 atom stereocenters. The third-order valence-corrected chi connectivity index (χ3v) is 2.71. The summed E-state index contributed by atoms with van der Waals surface area (Å²) < 4.78 is 1.91. The Morgan fingerprint density at radius 1 is 1.28 bits per heavy atom. The highest BCUT2D eigenvalue weighted by atomic mass is 15.3. The number of aromatic nitrogens is 2. The predicted octanol–water partition coefficient (Wildman–Crippen LogP) is 2.93. The highest BCUT2D eigenvalue weighted by molar-refractivity contribution is 5.30. The summed E-state index contributed by atoms with van der Waals surface area (Å²) in [5, 5.41) is 7.76. The molecule has 0 spiro atoms. The fourth-order valence-corrected chi connectivity index (χ4v) is 1.76. The second-order valence-corrected chi connectivity index (χ2v) is 4.16. The SMILES string of the molecule is C/C=C/CCNCc1cnn(-c2ccccc2)c1. The van der Waals surface area contributed by atoms with Crippen molar-refractivity contribution in [3.63, 3.8) is 0 Å². The van der Waals surface area contributed by atoms with Gasteiger partial charge in [-0.05, 0) is 32.0 Å². The Morgan fingerprint density at radius 2 is 2.11 bits per heavy atom. The summed E-state index contributed by atoms with van der Waals surface area (Å²) in [4.78, 5) is 0. The Hall–Kier alpha value is -1.87. The van der Waals surface area contributed by atoms with Crippen molar-refractivity contribution in [3.8, 4) is 5.69 Å². The molecule has 0 aliphatic carbocycles. The minimum absolute atomic E-state index is 0.865. The molecule has 0 saturated carbocycles. The molecule has 0 amide bonds. The summed E-state index contributed by atoms with van der Waals surface area (Å²) in [6.07, 6.45) is 9.30. The normalized spacial score (nSPS) is 11.2. The molecule has 2 rings (SSSR count). The van der Waals surface area contributed by atoms with Crippen molar-refractivity contribution in [2.45, 2.75) is 19.9 Å². The lowest BCUT2D eigenvalue weighted by Gasteiger charge is -2.00.